The van der Waals surface area contributed by atoms with Gasteiger partial charge in [0.25, 0.3) is 0 Å². The molecule has 0 aliphatic heterocycles. The monoisotopic (exact) mass is 132 g/mol. The molecule has 0 fully saturated rings. The molecule has 52 valence electrons. The van der Waals surface area contributed by atoms with Crippen LogP contribution in [0.3, 0.4) is 0 Å². The van der Waals surface area contributed by atoms with Gasteiger partial charge in [-0.2, -0.15) is 0 Å². The van der Waals surface area contributed by atoms with E-state index in [0.29, 0.717) is 0 Å². The SMILES string of the molecule is C=CC=C/C=C\C=C/C=C. The van der Waals surface area contributed by atoms with Gasteiger partial charge >= 0.3 is 0 Å². The maximum atomic E-state index is 3.54. The predicted molar refractivity (Wildman–Crippen MR) is 47.8 cm³/mol. The first kappa shape index (κ1) is 8.70. The van der Waals surface area contributed by atoms with Crippen LogP contribution >= 0.6 is 0 Å². The molecule has 0 saturated heterocycles. The minimum atomic E-state index is 1.74. The molecule has 0 spiro atoms. The topological polar surface area (TPSA) is 0 Å². The van der Waals surface area contributed by atoms with E-state index in [1.807, 2.05) is 36.5 Å². The highest BCUT2D eigenvalue weighted by Gasteiger charge is 1.58. The second-order valence-electron chi connectivity index (χ2n) is 1.63. The highest BCUT2D eigenvalue weighted by molar-refractivity contribution is 5.16. The Morgan fingerprint density at radius 1 is 0.500 bits per heavy atom. The molecule has 0 aliphatic rings. The van der Waals surface area contributed by atoms with E-state index >= 15 is 0 Å². The van der Waals surface area contributed by atoms with E-state index in [0.717, 1.165) is 0 Å². The summed E-state index contributed by atoms with van der Waals surface area (Å²) in [6.07, 6.45) is 14.9. The molecule has 0 radical (unpaired) electrons. The number of rotatable bonds is 4. The van der Waals surface area contributed by atoms with Crippen molar-refractivity contribution in [3.63, 3.8) is 0 Å². The average Bonchev–Trinajstić information content (AvgIpc) is 1.97. The van der Waals surface area contributed by atoms with Crippen LogP contribution in [0.5, 0.6) is 0 Å². The molecule has 0 unspecified atom stereocenters. The van der Waals surface area contributed by atoms with Gasteiger partial charge < -0.3 is 0 Å². The molecule has 0 saturated carbocycles. The molecule has 0 aromatic carbocycles. The summed E-state index contributed by atoms with van der Waals surface area (Å²) in [7, 11) is 0. The molecule has 0 rings (SSSR count). The standard InChI is InChI=1S/C10H12/c1-3-5-7-9-10-8-6-4-2/h3-10H,1-2H2/b7-5-,8-6?,10-9-. The molecule has 0 aromatic heterocycles. The van der Waals surface area contributed by atoms with Gasteiger partial charge in [0.15, 0.2) is 0 Å². The maximum Gasteiger partial charge on any atom is -0.0623 e. The zero-order chi connectivity index (χ0) is 7.66. The van der Waals surface area contributed by atoms with Crippen LogP contribution in [-0.4, -0.2) is 0 Å². The zero-order valence-corrected chi connectivity index (χ0v) is 6.03. The molecule has 0 nitrogen and oxygen atoms in total. The van der Waals surface area contributed by atoms with Gasteiger partial charge in [-0.15, -0.1) is 0 Å². The third-order valence-corrected chi connectivity index (χ3v) is 0.828. The van der Waals surface area contributed by atoms with Crippen molar-refractivity contribution in [2.24, 2.45) is 0 Å². The van der Waals surface area contributed by atoms with Gasteiger partial charge in [0.1, 0.15) is 0 Å². The first-order valence-electron chi connectivity index (χ1n) is 3.15. The Hall–Kier alpha value is -1.30. The fraction of sp³-hybridized carbons (Fsp3) is 0. The van der Waals surface area contributed by atoms with Crippen LogP contribution in [0.4, 0.5) is 0 Å². The molecule has 0 bridgehead atoms. The molecule has 10 heavy (non-hydrogen) atoms. The van der Waals surface area contributed by atoms with E-state index in [-0.39, 0.29) is 0 Å². The summed E-state index contributed by atoms with van der Waals surface area (Å²) in [4.78, 5) is 0. The number of allylic oxidation sites excluding steroid dienone is 8. The van der Waals surface area contributed by atoms with Crippen molar-refractivity contribution >= 4 is 0 Å². The van der Waals surface area contributed by atoms with Crippen LogP contribution < -0.4 is 0 Å². The van der Waals surface area contributed by atoms with Gasteiger partial charge in [-0.1, -0.05) is 61.8 Å². The van der Waals surface area contributed by atoms with Crippen molar-refractivity contribution in [2.45, 2.75) is 0 Å². The van der Waals surface area contributed by atoms with E-state index in [4.69, 9.17) is 0 Å². The summed E-state index contributed by atoms with van der Waals surface area (Å²) < 4.78 is 0. The van der Waals surface area contributed by atoms with Crippen LogP contribution in [0.1, 0.15) is 0 Å². The van der Waals surface area contributed by atoms with Gasteiger partial charge in [0.2, 0.25) is 0 Å². The van der Waals surface area contributed by atoms with E-state index in [2.05, 4.69) is 13.2 Å². The van der Waals surface area contributed by atoms with E-state index in [1.54, 1.807) is 12.2 Å². The van der Waals surface area contributed by atoms with Gasteiger partial charge in [0, 0.05) is 0 Å². The number of hydrogen-bond donors (Lipinski definition) is 0. The third-order valence-electron chi connectivity index (χ3n) is 0.828. The first-order valence-corrected chi connectivity index (χ1v) is 3.15. The lowest BCUT2D eigenvalue weighted by atomic mass is 10.4. The molecular weight excluding hydrogens is 120 g/mol. The van der Waals surface area contributed by atoms with Crippen LogP contribution in [0.15, 0.2) is 61.8 Å². The Morgan fingerprint density at radius 3 is 1.10 bits per heavy atom. The summed E-state index contributed by atoms with van der Waals surface area (Å²) in [6.45, 7) is 7.08. The fourth-order valence-electron chi connectivity index (χ4n) is 0.414. The molecular formula is C10H12. The molecule has 0 heterocycles. The lowest BCUT2D eigenvalue weighted by Crippen LogP contribution is -1.48. The third kappa shape index (κ3) is 6.70. The van der Waals surface area contributed by atoms with Crippen molar-refractivity contribution in [3.05, 3.63) is 61.8 Å². The summed E-state index contributed by atoms with van der Waals surface area (Å²) >= 11 is 0. The Labute approximate surface area is 62.6 Å². The lowest BCUT2D eigenvalue weighted by molar-refractivity contribution is 1.88. The quantitative estimate of drug-likeness (QED) is 0.516. The molecule has 0 aliphatic carbocycles. The largest absolute Gasteiger partial charge is 0.0991 e. The predicted octanol–water partition coefficient (Wildman–Crippen LogP) is 3.03. The highest BCUT2D eigenvalue weighted by atomic mass is 13.7. The second-order valence-corrected chi connectivity index (χ2v) is 1.63. The van der Waals surface area contributed by atoms with Crippen molar-refractivity contribution in [1.82, 2.24) is 0 Å². The summed E-state index contributed by atoms with van der Waals surface area (Å²) in [5.41, 5.74) is 0. The van der Waals surface area contributed by atoms with Gasteiger partial charge in [-0.25, -0.2) is 0 Å². The lowest BCUT2D eigenvalue weighted by Gasteiger charge is -1.70. The fourth-order valence-corrected chi connectivity index (χ4v) is 0.414. The van der Waals surface area contributed by atoms with Gasteiger partial charge in [0.05, 0.1) is 0 Å². The minimum Gasteiger partial charge on any atom is -0.0991 e. The first-order chi connectivity index (χ1) is 4.91. The van der Waals surface area contributed by atoms with Gasteiger partial charge in [-0.3, -0.25) is 0 Å². The van der Waals surface area contributed by atoms with Crippen LogP contribution in [0, 0.1) is 0 Å². The minimum absolute atomic E-state index is 1.74. The van der Waals surface area contributed by atoms with E-state index in [9.17, 15) is 0 Å². The Bertz CT molecular complexity index is 148. The summed E-state index contributed by atoms with van der Waals surface area (Å²) in [5.74, 6) is 0. The average molecular weight is 132 g/mol. The Morgan fingerprint density at radius 2 is 0.800 bits per heavy atom. The van der Waals surface area contributed by atoms with Crippen molar-refractivity contribution in [2.75, 3.05) is 0 Å². The van der Waals surface area contributed by atoms with E-state index in [1.165, 1.54) is 0 Å². The van der Waals surface area contributed by atoms with Crippen LogP contribution in [0.25, 0.3) is 0 Å². The van der Waals surface area contributed by atoms with E-state index < -0.39 is 0 Å². The Balaban J connectivity index is 3.55. The second kappa shape index (κ2) is 7.70. The summed E-state index contributed by atoms with van der Waals surface area (Å²) in [5, 5.41) is 0. The Kier molecular flexibility index (Phi) is 6.70. The van der Waals surface area contributed by atoms with Crippen molar-refractivity contribution in [3.8, 4) is 0 Å². The zero-order valence-electron chi connectivity index (χ0n) is 6.03. The number of hydrogen-bond acceptors (Lipinski definition) is 0. The van der Waals surface area contributed by atoms with Crippen LogP contribution in [-0.2, 0) is 0 Å². The maximum absolute atomic E-state index is 3.54. The van der Waals surface area contributed by atoms with Gasteiger partial charge in [-0.05, 0) is 0 Å². The van der Waals surface area contributed by atoms with Crippen LogP contribution in [0.2, 0.25) is 0 Å². The van der Waals surface area contributed by atoms with Crippen molar-refractivity contribution in [1.29, 1.82) is 0 Å². The molecule has 0 atom stereocenters. The molecule has 0 amide bonds. The highest BCUT2D eigenvalue weighted by Crippen LogP contribution is 1.80. The molecule has 0 N–H and O–H groups in total. The smallest absolute Gasteiger partial charge is 0.0623 e. The van der Waals surface area contributed by atoms with Crippen molar-refractivity contribution < 1.29 is 0 Å². The summed E-state index contributed by atoms with van der Waals surface area (Å²) in [6, 6.07) is 0. The molecule has 0 heteroatoms. The molecule has 0 aromatic rings. The normalized spacial score (nSPS) is 11.6.